The van der Waals surface area contributed by atoms with Crippen LogP contribution in [0.25, 0.3) is 5.32 Å². The van der Waals surface area contributed by atoms with Crippen LogP contribution in [-0.4, -0.2) is 26.3 Å². The molecule has 0 heterocycles. The largest absolute Gasteiger partial charge is 0.660 e. The van der Waals surface area contributed by atoms with Gasteiger partial charge in [-0.3, -0.25) is 0 Å². The van der Waals surface area contributed by atoms with Crippen molar-refractivity contribution < 1.29 is 35.9 Å². The van der Waals surface area contributed by atoms with Gasteiger partial charge in [-0.05, 0) is 5.92 Å². The third-order valence-electron chi connectivity index (χ3n) is 2.20. The monoisotopic (exact) mass is 498 g/mol. The molecule has 0 saturated carbocycles. The van der Waals surface area contributed by atoms with E-state index >= 15 is 0 Å². The van der Waals surface area contributed by atoms with Gasteiger partial charge >= 0.3 is 0 Å². The molecule has 2 nitrogen and oxygen atoms in total. The van der Waals surface area contributed by atoms with E-state index in [0.29, 0.717) is 12.0 Å². The van der Waals surface area contributed by atoms with E-state index in [-0.39, 0.29) is 31.1 Å². The molecule has 0 N–H and O–H groups in total. The van der Waals surface area contributed by atoms with Crippen LogP contribution in [0.1, 0.15) is 74.1 Å². The molecule has 0 saturated heterocycles. The van der Waals surface area contributed by atoms with Gasteiger partial charge in [0.25, 0.3) is 0 Å². The van der Waals surface area contributed by atoms with Crippen molar-refractivity contribution in [2.24, 2.45) is 5.92 Å². The van der Waals surface area contributed by atoms with Crippen molar-refractivity contribution in [1.29, 1.82) is 0 Å². The quantitative estimate of drug-likeness (QED) is 0.424. The van der Waals surface area contributed by atoms with Crippen molar-refractivity contribution in [3.63, 3.8) is 0 Å². The molecule has 0 spiro atoms. The first-order chi connectivity index (χ1) is 8.62. The molecule has 0 radical (unpaired) electrons. The number of nitrogens with zero attached hydrogens (tertiary/aromatic N) is 1. The van der Waals surface area contributed by atoms with Crippen LogP contribution < -0.4 is 0 Å². The normalized spacial score (nSPS) is 10.6. The Kier molecular flexibility index (Phi) is 40.5. The maximum Gasteiger partial charge on any atom is 0.0485 e. The standard InChI is InChI=1S/C9H20N.C5H12O.C2H6.U/c1-4-7-9(6-3)10-8-5-2;1-5(2)4-6-3;1-2;/h9H,4-8H2,1-3H3;5H,4H2,1-3H3;1-2H3;/q-1;;;. The Balaban J connectivity index is -0.000000108. The van der Waals surface area contributed by atoms with Crippen LogP contribution >= 0.6 is 0 Å². The number of hydrogen-bond donors (Lipinski definition) is 0. The molecule has 1 atom stereocenters. The molecule has 0 aliphatic heterocycles. The molecule has 0 bridgehead atoms. The zero-order valence-corrected chi connectivity index (χ0v) is 18.9. The second-order valence-electron chi connectivity index (χ2n) is 4.61. The molecule has 1 unspecified atom stereocenters. The van der Waals surface area contributed by atoms with Crippen LogP contribution in [0.15, 0.2) is 0 Å². The Morgan fingerprint density at radius 1 is 1.00 bits per heavy atom. The van der Waals surface area contributed by atoms with Gasteiger partial charge in [0.1, 0.15) is 0 Å². The van der Waals surface area contributed by atoms with Crippen LogP contribution in [-0.2, 0) is 4.74 Å². The van der Waals surface area contributed by atoms with Crippen LogP contribution in [0.4, 0.5) is 0 Å². The van der Waals surface area contributed by atoms with Crippen LogP contribution in [0.5, 0.6) is 0 Å². The van der Waals surface area contributed by atoms with E-state index in [0.717, 1.165) is 13.2 Å². The molecule has 19 heavy (non-hydrogen) atoms. The summed E-state index contributed by atoms with van der Waals surface area (Å²) in [4.78, 5) is 0. The van der Waals surface area contributed by atoms with Crippen molar-refractivity contribution in [2.75, 3.05) is 20.3 Å². The van der Waals surface area contributed by atoms with Gasteiger partial charge in [-0.25, -0.2) is 0 Å². The zero-order chi connectivity index (χ0) is 14.8. The summed E-state index contributed by atoms with van der Waals surface area (Å²) in [6, 6.07) is 0.643. The Hall–Kier alpha value is 0.972. The molecular formula is C16H38NOU-. The molecule has 118 valence electrons. The van der Waals surface area contributed by atoms with Gasteiger partial charge in [0.2, 0.25) is 0 Å². The summed E-state index contributed by atoms with van der Waals surface area (Å²) >= 11 is 0. The summed E-state index contributed by atoms with van der Waals surface area (Å²) in [5, 5.41) is 4.55. The van der Waals surface area contributed by atoms with Gasteiger partial charge in [0.05, 0.1) is 0 Å². The van der Waals surface area contributed by atoms with E-state index in [1.54, 1.807) is 7.11 Å². The second-order valence-corrected chi connectivity index (χ2v) is 4.61. The summed E-state index contributed by atoms with van der Waals surface area (Å²) < 4.78 is 4.80. The van der Waals surface area contributed by atoms with Crippen LogP contribution in [0, 0.1) is 37.0 Å². The minimum absolute atomic E-state index is 0. The fourth-order valence-corrected chi connectivity index (χ4v) is 1.40. The van der Waals surface area contributed by atoms with Crippen LogP contribution in [0.2, 0.25) is 0 Å². The Morgan fingerprint density at radius 3 is 1.74 bits per heavy atom. The van der Waals surface area contributed by atoms with E-state index in [1.807, 2.05) is 13.8 Å². The average molecular weight is 499 g/mol. The average Bonchev–Trinajstić information content (AvgIpc) is 2.37. The first-order valence-electron chi connectivity index (χ1n) is 7.77. The summed E-state index contributed by atoms with van der Waals surface area (Å²) in [5.41, 5.74) is 0. The van der Waals surface area contributed by atoms with E-state index in [2.05, 4.69) is 39.9 Å². The Morgan fingerprint density at radius 2 is 1.53 bits per heavy atom. The van der Waals surface area contributed by atoms with Gasteiger partial charge < -0.3 is 10.1 Å². The van der Waals surface area contributed by atoms with Crippen molar-refractivity contribution in [2.45, 2.75) is 80.2 Å². The minimum Gasteiger partial charge on any atom is -0.660 e. The fourth-order valence-electron chi connectivity index (χ4n) is 1.40. The zero-order valence-electron chi connectivity index (χ0n) is 14.8. The second kappa shape index (κ2) is 27.3. The fraction of sp³-hybridized carbons (Fsp3) is 1.00. The molecule has 0 fully saturated rings. The van der Waals surface area contributed by atoms with E-state index < -0.39 is 0 Å². The maximum atomic E-state index is 4.80. The SMILES string of the molecule is CC.CCC[N-]C(CC)CCC.COCC(C)C.[U]. The van der Waals surface area contributed by atoms with Gasteiger partial charge in [-0.2, -0.15) is 0 Å². The molecule has 0 aromatic heterocycles. The van der Waals surface area contributed by atoms with Crippen molar-refractivity contribution in [3.05, 3.63) is 5.32 Å². The Bertz CT molecular complexity index is 121. The predicted octanol–water partition coefficient (Wildman–Crippen LogP) is 5.66. The summed E-state index contributed by atoms with van der Waals surface area (Å²) in [6.45, 7) is 16.8. The maximum absolute atomic E-state index is 4.80. The van der Waals surface area contributed by atoms with Gasteiger partial charge in [-0.1, -0.05) is 74.1 Å². The van der Waals surface area contributed by atoms with Gasteiger partial charge in [0.15, 0.2) is 0 Å². The molecule has 0 aromatic rings. The molecular weight excluding hydrogens is 460 g/mol. The Labute approximate surface area is 147 Å². The van der Waals surface area contributed by atoms with E-state index in [1.165, 1.54) is 25.7 Å². The van der Waals surface area contributed by atoms with Crippen LogP contribution in [0.3, 0.4) is 0 Å². The van der Waals surface area contributed by atoms with Gasteiger partial charge in [-0.15, -0.1) is 12.6 Å². The first kappa shape index (κ1) is 28.2. The van der Waals surface area contributed by atoms with Crippen molar-refractivity contribution in [3.8, 4) is 0 Å². The molecule has 0 aliphatic carbocycles. The molecule has 0 rings (SSSR count). The molecule has 0 aliphatic rings. The number of hydrogen-bond acceptors (Lipinski definition) is 1. The van der Waals surface area contributed by atoms with E-state index in [4.69, 9.17) is 4.74 Å². The summed E-state index contributed by atoms with van der Waals surface area (Å²) in [5.74, 6) is 0.676. The third-order valence-corrected chi connectivity index (χ3v) is 2.20. The predicted molar refractivity (Wildman–Crippen MR) is 85.6 cm³/mol. The van der Waals surface area contributed by atoms with Gasteiger partial charge in [0, 0.05) is 44.8 Å². The van der Waals surface area contributed by atoms with Crippen molar-refractivity contribution >= 4 is 0 Å². The smallest absolute Gasteiger partial charge is 0.0485 e. The number of ether oxygens (including phenoxy) is 1. The summed E-state index contributed by atoms with van der Waals surface area (Å²) in [6.07, 6.45) is 4.95. The minimum atomic E-state index is 0. The molecule has 0 aromatic carbocycles. The summed E-state index contributed by atoms with van der Waals surface area (Å²) in [7, 11) is 1.72. The van der Waals surface area contributed by atoms with E-state index in [9.17, 15) is 0 Å². The topological polar surface area (TPSA) is 23.3 Å². The first-order valence-corrected chi connectivity index (χ1v) is 7.77. The van der Waals surface area contributed by atoms with Crippen molar-refractivity contribution in [1.82, 2.24) is 0 Å². The molecule has 3 heteroatoms. The number of methoxy groups -OCH3 is 1. The number of rotatable bonds is 8. The molecule has 0 amide bonds. The third kappa shape index (κ3) is 32.5.